The maximum atomic E-state index is 12.4. The second-order valence-electron chi connectivity index (χ2n) is 7.21. The lowest BCUT2D eigenvalue weighted by Gasteiger charge is -2.08. The summed E-state index contributed by atoms with van der Waals surface area (Å²) in [6.07, 6.45) is 3.85. The van der Waals surface area contributed by atoms with E-state index < -0.39 is 10.0 Å². The highest BCUT2D eigenvalue weighted by Gasteiger charge is 2.16. The van der Waals surface area contributed by atoms with Gasteiger partial charge in [-0.15, -0.1) is 0 Å². The van der Waals surface area contributed by atoms with Crippen molar-refractivity contribution in [2.75, 3.05) is 10.0 Å². The molecule has 2 aromatic carbocycles. The molecule has 4 rings (SSSR count). The number of nitrogens with zero attached hydrogens (tertiary/aromatic N) is 1. The van der Waals surface area contributed by atoms with Gasteiger partial charge in [0.2, 0.25) is 5.91 Å². The van der Waals surface area contributed by atoms with Crippen molar-refractivity contribution in [2.24, 2.45) is 0 Å². The van der Waals surface area contributed by atoms with Gasteiger partial charge in [-0.3, -0.25) is 9.52 Å². The van der Waals surface area contributed by atoms with Crippen LogP contribution in [-0.4, -0.2) is 24.5 Å². The molecule has 2 heterocycles. The summed E-state index contributed by atoms with van der Waals surface area (Å²) in [4.78, 5) is 15.6. The van der Waals surface area contributed by atoms with Crippen molar-refractivity contribution in [2.45, 2.75) is 31.1 Å². The molecular formula is C22H22N4O4S. The van der Waals surface area contributed by atoms with Gasteiger partial charge in [-0.05, 0) is 55.7 Å². The van der Waals surface area contributed by atoms with Crippen LogP contribution in [0.4, 0.5) is 11.5 Å². The Morgan fingerprint density at radius 3 is 2.65 bits per heavy atom. The minimum atomic E-state index is -3.79. The number of para-hydroxylation sites is 1. The van der Waals surface area contributed by atoms with Crippen molar-refractivity contribution in [3.05, 3.63) is 72.1 Å². The van der Waals surface area contributed by atoms with Crippen LogP contribution in [-0.2, 0) is 21.2 Å². The summed E-state index contributed by atoms with van der Waals surface area (Å²) in [6, 6.07) is 15.5. The number of rotatable bonds is 8. The van der Waals surface area contributed by atoms with Gasteiger partial charge in [0.25, 0.3) is 10.0 Å². The number of carbonyl (C=O) groups excluding carboxylic acids is 1. The van der Waals surface area contributed by atoms with E-state index in [1.165, 1.54) is 29.1 Å². The summed E-state index contributed by atoms with van der Waals surface area (Å²) < 4.78 is 32.0. The zero-order valence-electron chi connectivity index (χ0n) is 16.9. The smallest absolute Gasteiger partial charge is 0.263 e. The molecule has 0 aliphatic rings. The maximum absolute atomic E-state index is 12.4. The molecule has 0 aliphatic heterocycles. The molecule has 0 spiro atoms. The first kappa shape index (κ1) is 20.7. The van der Waals surface area contributed by atoms with Crippen LogP contribution >= 0.6 is 0 Å². The fourth-order valence-electron chi connectivity index (χ4n) is 3.33. The second-order valence-corrected chi connectivity index (χ2v) is 8.90. The molecule has 0 bridgehead atoms. The van der Waals surface area contributed by atoms with Gasteiger partial charge in [-0.1, -0.05) is 23.4 Å². The molecular weight excluding hydrogens is 416 g/mol. The molecule has 160 valence electrons. The summed E-state index contributed by atoms with van der Waals surface area (Å²) in [5.74, 6) is 0.497. The van der Waals surface area contributed by atoms with Gasteiger partial charge in [0, 0.05) is 35.3 Å². The second kappa shape index (κ2) is 8.65. The largest absolute Gasteiger partial charge is 0.361 e. The van der Waals surface area contributed by atoms with Crippen molar-refractivity contribution in [1.29, 1.82) is 0 Å². The van der Waals surface area contributed by atoms with Crippen LogP contribution in [0.5, 0.6) is 0 Å². The topological polar surface area (TPSA) is 117 Å². The van der Waals surface area contributed by atoms with Crippen LogP contribution in [0.2, 0.25) is 0 Å². The lowest BCUT2D eigenvalue weighted by atomic mass is 10.1. The van der Waals surface area contributed by atoms with Crippen LogP contribution < -0.4 is 10.0 Å². The van der Waals surface area contributed by atoms with Gasteiger partial charge in [-0.25, -0.2) is 8.42 Å². The molecule has 31 heavy (non-hydrogen) atoms. The molecule has 0 atom stereocenters. The molecule has 0 fully saturated rings. The monoisotopic (exact) mass is 438 g/mol. The Balaban J connectivity index is 1.30. The number of amides is 1. The fraction of sp³-hybridized carbons (Fsp3) is 0.182. The first-order valence-corrected chi connectivity index (χ1v) is 11.3. The van der Waals surface area contributed by atoms with E-state index in [1.807, 2.05) is 24.4 Å². The zero-order chi connectivity index (χ0) is 21.8. The minimum Gasteiger partial charge on any atom is -0.361 e. The fourth-order valence-corrected chi connectivity index (χ4v) is 4.31. The van der Waals surface area contributed by atoms with E-state index in [4.69, 9.17) is 4.52 Å². The Morgan fingerprint density at radius 2 is 1.90 bits per heavy atom. The number of aryl methyl sites for hydroxylation is 2. The maximum Gasteiger partial charge on any atom is 0.263 e. The number of H-pyrrole nitrogens is 1. The predicted molar refractivity (Wildman–Crippen MR) is 118 cm³/mol. The third kappa shape index (κ3) is 4.95. The molecule has 0 saturated carbocycles. The summed E-state index contributed by atoms with van der Waals surface area (Å²) in [5.41, 5.74) is 2.81. The van der Waals surface area contributed by atoms with E-state index in [2.05, 4.69) is 26.2 Å². The summed E-state index contributed by atoms with van der Waals surface area (Å²) in [5, 5.41) is 7.60. The average Bonchev–Trinajstić information content (AvgIpc) is 3.34. The summed E-state index contributed by atoms with van der Waals surface area (Å²) >= 11 is 0. The standard InChI is InChI=1S/C22H22N4O4S/c1-15-13-21(25-30-15)26-31(28,29)18-11-9-17(10-12-18)24-22(27)8-4-5-16-14-23-20-7-3-2-6-19(16)20/h2-3,6-7,9-14,23H,4-5,8H2,1H3,(H,24,27)(H,25,26). The number of fused-ring (bicyclic) bond motifs is 1. The lowest BCUT2D eigenvalue weighted by molar-refractivity contribution is -0.116. The van der Waals surface area contributed by atoms with Gasteiger partial charge in [0.05, 0.1) is 4.90 Å². The van der Waals surface area contributed by atoms with Gasteiger partial charge >= 0.3 is 0 Å². The van der Waals surface area contributed by atoms with Crippen molar-refractivity contribution in [3.8, 4) is 0 Å². The number of anilines is 2. The highest BCUT2D eigenvalue weighted by Crippen LogP contribution is 2.21. The molecule has 1 amide bonds. The lowest BCUT2D eigenvalue weighted by Crippen LogP contribution is -2.14. The molecule has 0 unspecified atom stereocenters. The van der Waals surface area contributed by atoms with E-state index in [-0.39, 0.29) is 16.6 Å². The molecule has 8 nitrogen and oxygen atoms in total. The van der Waals surface area contributed by atoms with Crippen LogP contribution in [0, 0.1) is 6.92 Å². The Labute approximate surface area is 179 Å². The Hall–Kier alpha value is -3.59. The summed E-state index contributed by atoms with van der Waals surface area (Å²) in [6.45, 7) is 1.67. The molecule has 3 N–H and O–H groups in total. The predicted octanol–water partition coefficient (Wildman–Crippen LogP) is 4.23. The van der Waals surface area contributed by atoms with Gasteiger partial charge in [0.15, 0.2) is 5.82 Å². The molecule has 9 heteroatoms. The van der Waals surface area contributed by atoms with Crippen LogP contribution in [0.1, 0.15) is 24.2 Å². The number of hydrogen-bond donors (Lipinski definition) is 3. The Bertz CT molecular complexity index is 1310. The SMILES string of the molecule is Cc1cc(NS(=O)(=O)c2ccc(NC(=O)CCCc3c[nH]c4ccccc34)cc2)no1. The number of carbonyl (C=O) groups is 1. The zero-order valence-corrected chi connectivity index (χ0v) is 17.7. The van der Waals surface area contributed by atoms with E-state index in [0.717, 1.165) is 11.9 Å². The first-order chi connectivity index (χ1) is 14.9. The van der Waals surface area contributed by atoms with Crippen molar-refractivity contribution < 1.29 is 17.7 Å². The molecule has 0 saturated heterocycles. The molecule has 0 radical (unpaired) electrons. The Kier molecular flexibility index (Phi) is 5.77. The molecule has 2 aromatic heterocycles. The van der Waals surface area contributed by atoms with E-state index >= 15 is 0 Å². The van der Waals surface area contributed by atoms with Crippen LogP contribution in [0.25, 0.3) is 10.9 Å². The Morgan fingerprint density at radius 1 is 1.13 bits per heavy atom. The number of nitrogens with one attached hydrogen (secondary N) is 3. The number of hydrogen-bond acceptors (Lipinski definition) is 5. The minimum absolute atomic E-state index is 0.0606. The first-order valence-electron chi connectivity index (χ1n) is 9.82. The summed E-state index contributed by atoms with van der Waals surface area (Å²) in [7, 11) is -3.79. The normalized spacial score (nSPS) is 11.5. The van der Waals surface area contributed by atoms with E-state index in [0.29, 0.717) is 24.3 Å². The average molecular weight is 439 g/mol. The van der Waals surface area contributed by atoms with Gasteiger partial charge in [-0.2, -0.15) is 0 Å². The van der Waals surface area contributed by atoms with Gasteiger partial charge < -0.3 is 14.8 Å². The molecule has 0 aliphatic carbocycles. The quantitative estimate of drug-likeness (QED) is 0.381. The highest BCUT2D eigenvalue weighted by atomic mass is 32.2. The van der Waals surface area contributed by atoms with E-state index in [1.54, 1.807) is 19.1 Å². The number of sulfonamides is 1. The van der Waals surface area contributed by atoms with Gasteiger partial charge in [0.1, 0.15) is 5.76 Å². The van der Waals surface area contributed by atoms with Crippen LogP contribution in [0.3, 0.4) is 0 Å². The molecule has 4 aromatic rings. The number of aromatic amines is 1. The van der Waals surface area contributed by atoms with E-state index in [9.17, 15) is 13.2 Å². The van der Waals surface area contributed by atoms with Crippen molar-refractivity contribution >= 4 is 38.3 Å². The number of benzene rings is 2. The highest BCUT2D eigenvalue weighted by molar-refractivity contribution is 7.92. The van der Waals surface area contributed by atoms with Crippen molar-refractivity contribution in [3.63, 3.8) is 0 Å². The number of aromatic nitrogens is 2. The van der Waals surface area contributed by atoms with Crippen molar-refractivity contribution in [1.82, 2.24) is 10.1 Å². The third-order valence-electron chi connectivity index (χ3n) is 4.84. The van der Waals surface area contributed by atoms with Crippen LogP contribution in [0.15, 0.2) is 70.2 Å². The third-order valence-corrected chi connectivity index (χ3v) is 6.21.